The second-order valence-corrected chi connectivity index (χ2v) is 6.81. The Morgan fingerprint density at radius 2 is 1.97 bits per heavy atom. The van der Waals surface area contributed by atoms with E-state index in [1.165, 1.54) is 35.3 Å². The van der Waals surface area contributed by atoms with Gasteiger partial charge in [-0.05, 0) is 24.3 Å². The molecule has 1 atom stereocenters. The van der Waals surface area contributed by atoms with Crippen LogP contribution in [0.5, 0.6) is 11.5 Å². The molecular weight excluding hydrogens is 419 g/mol. The maximum atomic E-state index is 13.7. The number of anilines is 1. The SMILES string of the molecule is COc1cccc(OCC(O)CNC(=O)Cn2cc(NC(=O)c3ccccc3F)cn2)c1. The van der Waals surface area contributed by atoms with Gasteiger partial charge in [0.2, 0.25) is 5.91 Å². The molecule has 10 heteroatoms. The predicted octanol–water partition coefficient (Wildman–Crippen LogP) is 1.84. The van der Waals surface area contributed by atoms with Crippen LogP contribution in [0, 0.1) is 5.82 Å². The van der Waals surface area contributed by atoms with Crippen molar-refractivity contribution in [1.82, 2.24) is 15.1 Å². The summed E-state index contributed by atoms with van der Waals surface area (Å²) in [7, 11) is 1.54. The summed E-state index contributed by atoms with van der Waals surface area (Å²) in [5.41, 5.74) is 0.223. The van der Waals surface area contributed by atoms with Gasteiger partial charge in [-0.15, -0.1) is 0 Å². The molecule has 168 valence electrons. The second-order valence-electron chi connectivity index (χ2n) is 6.81. The number of rotatable bonds is 10. The van der Waals surface area contributed by atoms with E-state index in [1.807, 2.05) is 0 Å². The molecular formula is C22H23FN4O5. The molecule has 2 amide bonds. The molecule has 0 spiro atoms. The number of nitrogens with zero attached hydrogens (tertiary/aromatic N) is 2. The summed E-state index contributed by atoms with van der Waals surface area (Å²) in [6, 6.07) is 12.6. The number of halogens is 1. The van der Waals surface area contributed by atoms with E-state index in [-0.39, 0.29) is 31.2 Å². The minimum atomic E-state index is -0.918. The Balaban J connectivity index is 1.41. The number of carbonyl (C=O) groups excluding carboxylic acids is 2. The Morgan fingerprint density at radius 3 is 2.75 bits per heavy atom. The van der Waals surface area contributed by atoms with Crippen LogP contribution in [0.3, 0.4) is 0 Å². The average molecular weight is 442 g/mol. The predicted molar refractivity (Wildman–Crippen MR) is 114 cm³/mol. The highest BCUT2D eigenvalue weighted by atomic mass is 19.1. The lowest BCUT2D eigenvalue weighted by Crippen LogP contribution is -2.37. The molecule has 9 nitrogen and oxygen atoms in total. The van der Waals surface area contributed by atoms with Gasteiger partial charge in [0.15, 0.2) is 0 Å². The normalized spacial score (nSPS) is 11.5. The van der Waals surface area contributed by atoms with Gasteiger partial charge < -0.3 is 25.2 Å². The number of hydrogen-bond donors (Lipinski definition) is 3. The Labute approximate surface area is 183 Å². The van der Waals surface area contributed by atoms with Crippen LogP contribution in [0.4, 0.5) is 10.1 Å². The Kier molecular flexibility index (Phi) is 7.76. The molecule has 0 saturated carbocycles. The second kappa shape index (κ2) is 10.9. The standard InChI is InChI=1S/C22H23FN4O5/c1-31-17-5-4-6-18(9-17)32-14-16(28)11-24-21(29)13-27-12-15(10-25-27)26-22(30)19-7-2-3-8-20(19)23/h2-10,12,16,28H,11,13-14H2,1H3,(H,24,29)(H,26,30). The van der Waals surface area contributed by atoms with Crippen LogP contribution in [0.1, 0.15) is 10.4 Å². The molecule has 3 N–H and O–H groups in total. The third kappa shape index (κ3) is 6.54. The molecule has 2 aromatic carbocycles. The number of aliphatic hydroxyl groups excluding tert-OH is 1. The summed E-state index contributed by atoms with van der Waals surface area (Å²) in [6.45, 7) is -0.151. The van der Waals surface area contributed by atoms with Gasteiger partial charge in [-0.25, -0.2) is 4.39 Å². The van der Waals surface area contributed by atoms with Crippen LogP contribution >= 0.6 is 0 Å². The van der Waals surface area contributed by atoms with Crippen LogP contribution in [-0.4, -0.2) is 53.1 Å². The Morgan fingerprint density at radius 1 is 1.19 bits per heavy atom. The van der Waals surface area contributed by atoms with E-state index in [0.29, 0.717) is 17.2 Å². The molecule has 3 rings (SSSR count). The Bertz CT molecular complexity index is 1070. The van der Waals surface area contributed by atoms with Crippen molar-refractivity contribution in [1.29, 1.82) is 0 Å². The number of nitrogens with one attached hydrogen (secondary N) is 2. The van der Waals surface area contributed by atoms with E-state index in [0.717, 1.165) is 0 Å². The van der Waals surface area contributed by atoms with Gasteiger partial charge >= 0.3 is 0 Å². The van der Waals surface area contributed by atoms with E-state index in [2.05, 4.69) is 15.7 Å². The smallest absolute Gasteiger partial charge is 0.258 e. The van der Waals surface area contributed by atoms with Gasteiger partial charge in [0.05, 0.1) is 24.6 Å². The van der Waals surface area contributed by atoms with Gasteiger partial charge in [-0.3, -0.25) is 14.3 Å². The number of ether oxygens (including phenoxy) is 2. The summed E-state index contributed by atoms with van der Waals surface area (Å²) >= 11 is 0. The molecule has 0 bridgehead atoms. The van der Waals surface area contributed by atoms with Gasteiger partial charge in [0.1, 0.15) is 36.6 Å². The highest BCUT2D eigenvalue weighted by Crippen LogP contribution is 2.18. The Hall–Kier alpha value is -3.92. The molecule has 0 aliphatic carbocycles. The molecule has 3 aromatic rings. The van der Waals surface area contributed by atoms with Crippen molar-refractivity contribution >= 4 is 17.5 Å². The van der Waals surface area contributed by atoms with Crippen molar-refractivity contribution in [2.75, 3.05) is 25.6 Å². The lowest BCUT2D eigenvalue weighted by atomic mass is 10.2. The quantitative estimate of drug-likeness (QED) is 0.441. The highest BCUT2D eigenvalue weighted by molar-refractivity contribution is 6.04. The van der Waals surface area contributed by atoms with Crippen molar-refractivity contribution in [2.45, 2.75) is 12.6 Å². The van der Waals surface area contributed by atoms with Crippen molar-refractivity contribution in [3.8, 4) is 11.5 Å². The van der Waals surface area contributed by atoms with Crippen LogP contribution in [-0.2, 0) is 11.3 Å². The summed E-state index contributed by atoms with van der Waals surface area (Å²) in [6.07, 6.45) is 1.88. The van der Waals surface area contributed by atoms with Crippen LogP contribution in [0.25, 0.3) is 0 Å². The van der Waals surface area contributed by atoms with Crippen molar-refractivity contribution in [3.63, 3.8) is 0 Å². The zero-order valence-corrected chi connectivity index (χ0v) is 17.3. The number of amides is 2. The van der Waals surface area contributed by atoms with Crippen LogP contribution in [0.15, 0.2) is 60.9 Å². The number of methoxy groups -OCH3 is 1. The third-order valence-corrected chi connectivity index (χ3v) is 4.33. The first-order chi connectivity index (χ1) is 15.4. The zero-order valence-electron chi connectivity index (χ0n) is 17.3. The lowest BCUT2D eigenvalue weighted by molar-refractivity contribution is -0.122. The number of aliphatic hydroxyl groups is 1. The van der Waals surface area contributed by atoms with E-state index in [9.17, 15) is 19.1 Å². The highest BCUT2D eigenvalue weighted by Gasteiger charge is 2.13. The minimum absolute atomic E-state index is 0.0125. The van der Waals surface area contributed by atoms with E-state index >= 15 is 0 Å². The topological polar surface area (TPSA) is 115 Å². The van der Waals surface area contributed by atoms with Gasteiger partial charge in [0.25, 0.3) is 5.91 Å². The number of carbonyl (C=O) groups is 2. The molecule has 0 fully saturated rings. The van der Waals surface area contributed by atoms with Crippen molar-refractivity contribution in [3.05, 3.63) is 72.3 Å². The first-order valence-corrected chi connectivity index (χ1v) is 9.74. The molecule has 0 saturated heterocycles. The number of benzene rings is 2. The maximum Gasteiger partial charge on any atom is 0.258 e. The first-order valence-electron chi connectivity index (χ1n) is 9.74. The van der Waals surface area contributed by atoms with Crippen LogP contribution in [0.2, 0.25) is 0 Å². The summed E-state index contributed by atoms with van der Waals surface area (Å²) in [4.78, 5) is 24.2. The summed E-state index contributed by atoms with van der Waals surface area (Å²) in [5.74, 6) is -0.470. The van der Waals surface area contributed by atoms with Gasteiger partial charge in [-0.1, -0.05) is 18.2 Å². The molecule has 32 heavy (non-hydrogen) atoms. The fourth-order valence-corrected chi connectivity index (χ4v) is 2.74. The van der Waals surface area contributed by atoms with Gasteiger partial charge in [0, 0.05) is 18.8 Å². The monoisotopic (exact) mass is 442 g/mol. The number of hydrogen-bond acceptors (Lipinski definition) is 6. The van der Waals surface area contributed by atoms with Crippen molar-refractivity contribution < 1.29 is 28.6 Å². The van der Waals surface area contributed by atoms with E-state index < -0.39 is 17.8 Å². The zero-order chi connectivity index (χ0) is 22.9. The first kappa shape index (κ1) is 22.8. The average Bonchev–Trinajstić information content (AvgIpc) is 3.23. The maximum absolute atomic E-state index is 13.7. The van der Waals surface area contributed by atoms with Crippen LogP contribution < -0.4 is 20.1 Å². The lowest BCUT2D eigenvalue weighted by Gasteiger charge is -2.14. The van der Waals surface area contributed by atoms with E-state index in [4.69, 9.17) is 9.47 Å². The largest absolute Gasteiger partial charge is 0.497 e. The fourth-order valence-electron chi connectivity index (χ4n) is 2.74. The molecule has 1 unspecified atom stereocenters. The van der Waals surface area contributed by atoms with Crippen molar-refractivity contribution in [2.24, 2.45) is 0 Å². The molecule has 0 radical (unpaired) electrons. The third-order valence-electron chi connectivity index (χ3n) is 4.33. The van der Waals surface area contributed by atoms with Gasteiger partial charge in [-0.2, -0.15) is 5.10 Å². The van der Waals surface area contributed by atoms with E-state index in [1.54, 1.807) is 37.4 Å². The number of aromatic nitrogens is 2. The molecule has 0 aliphatic heterocycles. The summed E-state index contributed by atoms with van der Waals surface area (Å²) < 4.78 is 25.6. The molecule has 0 aliphatic rings. The fraction of sp³-hybridized carbons (Fsp3) is 0.227. The minimum Gasteiger partial charge on any atom is -0.497 e. The summed E-state index contributed by atoms with van der Waals surface area (Å²) in [5, 5.41) is 19.1. The molecule has 1 heterocycles. The molecule has 1 aromatic heterocycles.